The summed E-state index contributed by atoms with van der Waals surface area (Å²) in [4.78, 5) is 22.3. The molecule has 2 aromatic rings. The first-order valence-corrected chi connectivity index (χ1v) is 8.57. The van der Waals surface area contributed by atoms with Crippen molar-refractivity contribution in [3.8, 4) is 11.4 Å². The average Bonchev–Trinajstić information content (AvgIpc) is 3.29. The summed E-state index contributed by atoms with van der Waals surface area (Å²) in [6.45, 7) is 2.68. The number of benzene rings is 1. The van der Waals surface area contributed by atoms with Gasteiger partial charge in [0.1, 0.15) is 5.82 Å². The molecule has 2 amide bonds. The molecule has 0 saturated carbocycles. The van der Waals surface area contributed by atoms with Gasteiger partial charge < -0.3 is 19.9 Å². The SMILES string of the molecule is O=C(NC[C@H]1CCCO1)N1CCc2nc(-c3ccccc3)[nH]c2C1. The number of aromatic nitrogens is 2. The minimum atomic E-state index is -0.0213. The van der Waals surface area contributed by atoms with Crippen LogP contribution in [0.15, 0.2) is 30.3 Å². The lowest BCUT2D eigenvalue weighted by atomic mass is 10.1. The fourth-order valence-corrected chi connectivity index (χ4v) is 3.32. The third-order valence-electron chi connectivity index (χ3n) is 4.67. The van der Waals surface area contributed by atoms with Crippen LogP contribution in [-0.2, 0) is 17.7 Å². The van der Waals surface area contributed by atoms with E-state index in [9.17, 15) is 4.79 Å². The fraction of sp³-hybridized carbons (Fsp3) is 0.444. The van der Waals surface area contributed by atoms with Crippen LogP contribution >= 0.6 is 0 Å². The summed E-state index contributed by atoms with van der Waals surface area (Å²) in [6.07, 6.45) is 3.08. The minimum absolute atomic E-state index is 0.0213. The van der Waals surface area contributed by atoms with E-state index in [1.165, 1.54) is 0 Å². The number of nitrogens with zero attached hydrogens (tertiary/aromatic N) is 2. The average molecular weight is 326 g/mol. The normalized spacial score (nSPS) is 20.0. The number of carbonyl (C=O) groups excluding carboxylic acids is 1. The van der Waals surface area contributed by atoms with E-state index in [4.69, 9.17) is 4.74 Å². The van der Waals surface area contributed by atoms with Crippen molar-refractivity contribution in [1.29, 1.82) is 0 Å². The maximum atomic E-state index is 12.4. The monoisotopic (exact) mass is 326 g/mol. The number of amides is 2. The Morgan fingerprint density at radius 2 is 2.25 bits per heavy atom. The largest absolute Gasteiger partial charge is 0.376 e. The molecule has 4 rings (SSSR count). The van der Waals surface area contributed by atoms with E-state index < -0.39 is 0 Å². The van der Waals surface area contributed by atoms with E-state index in [-0.39, 0.29) is 12.1 Å². The first-order chi connectivity index (χ1) is 11.8. The van der Waals surface area contributed by atoms with Crippen molar-refractivity contribution in [2.75, 3.05) is 19.7 Å². The molecule has 6 nitrogen and oxygen atoms in total. The second-order valence-electron chi connectivity index (χ2n) is 6.37. The summed E-state index contributed by atoms with van der Waals surface area (Å²) in [6, 6.07) is 10.1. The van der Waals surface area contributed by atoms with E-state index in [1.54, 1.807) is 0 Å². The van der Waals surface area contributed by atoms with Gasteiger partial charge in [-0.25, -0.2) is 9.78 Å². The molecule has 1 atom stereocenters. The van der Waals surface area contributed by atoms with Gasteiger partial charge in [0.25, 0.3) is 0 Å². The molecule has 1 aromatic heterocycles. The lowest BCUT2D eigenvalue weighted by Crippen LogP contribution is -2.45. The van der Waals surface area contributed by atoms with Crippen molar-refractivity contribution in [2.45, 2.75) is 31.9 Å². The third kappa shape index (κ3) is 3.14. The smallest absolute Gasteiger partial charge is 0.317 e. The highest BCUT2D eigenvalue weighted by atomic mass is 16.5. The van der Waals surface area contributed by atoms with E-state index >= 15 is 0 Å². The Hall–Kier alpha value is -2.34. The Morgan fingerprint density at radius 1 is 1.38 bits per heavy atom. The quantitative estimate of drug-likeness (QED) is 0.909. The highest BCUT2D eigenvalue weighted by molar-refractivity contribution is 5.74. The summed E-state index contributed by atoms with van der Waals surface area (Å²) in [5.74, 6) is 0.877. The fourth-order valence-electron chi connectivity index (χ4n) is 3.32. The highest BCUT2D eigenvalue weighted by Gasteiger charge is 2.25. The Kier molecular flexibility index (Phi) is 4.21. The molecule has 0 aliphatic carbocycles. The molecule has 0 bridgehead atoms. The maximum absolute atomic E-state index is 12.4. The molecule has 1 aromatic carbocycles. The van der Waals surface area contributed by atoms with Crippen molar-refractivity contribution in [3.63, 3.8) is 0 Å². The maximum Gasteiger partial charge on any atom is 0.317 e. The van der Waals surface area contributed by atoms with Gasteiger partial charge in [0.05, 0.1) is 24.0 Å². The van der Waals surface area contributed by atoms with Crippen LogP contribution in [0, 0.1) is 0 Å². The summed E-state index contributed by atoms with van der Waals surface area (Å²) in [5.41, 5.74) is 3.17. The van der Waals surface area contributed by atoms with Crippen molar-refractivity contribution in [2.24, 2.45) is 0 Å². The van der Waals surface area contributed by atoms with E-state index in [2.05, 4.69) is 15.3 Å². The van der Waals surface area contributed by atoms with Crippen LogP contribution in [0.3, 0.4) is 0 Å². The molecular weight excluding hydrogens is 304 g/mol. The molecule has 3 heterocycles. The highest BCUT2D eigenvalue weighted by Crippen LogP contribution is 2.22. The number of carbonyl (C=O) groups is 1. The third-order valence-corrected chi connectivity index (χ3v) is 4.67. The van der Waals surface area contributed by atoms with Gasteiger partial charge in [0.2, 0.25) is 0 Å². The van der Waals surface area contributed by atoms with Crippen molar-refractivity contribution in [3.05, 3.63) is 41.7 Å². The number of H-pyrrole nitrogens is 1. The number of rotatable bonds is 3. The molecule has 2 aliphatic rings. The molecule has 1 fully saturated rings. The Bertz CT molecular complexity index is 707. The standard InChI is InChI=1S/C18H22N4O2/c23-18(19-11-14-7-4-10-24-14)22-9-8-15-16(12-22)21-17(20-15)13-5-2-1-3-6-13/h1-3,5-6,14H,4,7-12H2,(H,19,23)(H,20,21)/t14-/m1/s1. The molecule has 2 N–H and O–H groups in total. The topological polar surface area (TPSA) is 70.2 Å². The van der Waals surface area contributed by atoms with Crippen LogP contribution in [0.5, 0.6) is 0 Å². The summed E-state index contributed by atoms with van der Waals surface area (Å²) < 4.78 is 5.55. The summed E-state index contributed by atoms with van der Waals surface area (Å²) in [7, 11) is 0. The number of ether oxygens (including phenoxy) is 1. The van der Waals surface area contributed by atoms with Crippen LogP contribution in [0.25, 0.3) is 11.4 Å². The molecule has 0 spiro atoms. The van der Waals surface area contributed by atoms with Gasteiger partial charge >= 0.3 is 6.03 Å². The van der Waals surface area contributed by atoms with Gasteiger partial charge in [-0.15, -0.1) is 0 Å². The number of hydrogen-bond acceptors (Lipinski definition) is 3. The van der Waals surface area contributed by atoms with Gasteiger partial charge in [-0.05, 0) is 12.8 Å². The zero-order valence-corrected chi connectivity index (χ0v) is 13.6. The molecule has 6 heteroatoms. The van der Waals surface area contributed by atoms with Crippen molar-refractivity contribution >= 4 is 6.03 Å². The van der Waals surface area contributed by atoms with Crippen LogP contribution in [0.1, 0.15) is 24.2 Å². The molecule has 24 heavy (non-hydrogen) atoms. The number of urea groups is 1. The van der Waals surface area contributed by atoms with Gasteiger partial charge in [-0.2, -0.15) is 0 Å². The molecule has 1 saturated heterocycles. The van der Waals surface area contributed by atoms with E-state index in [0.717, 1.165) is 48.6 Å². The second-order valence-corrected chi connectivity index (χ2v) is 6.37. The summed E-state index contributed by atoms with van der Waals surface area (Å²) in [5, 5.41) is 2.99. The minimum Gasteiger partial charge on any atom is -0.376 e. The molecular formula is C18H22N4O2. The number of fused-ring (bicyclic) bond motifs is 1. The molecule has 2 aliphatic heterocycles. The van der Waals surface area contributed by atoms with Crippen LogP contribution in [0.4, 0.5) is 4.79 Å². The predicted molar refractivity (Wildman–Crippen MR) is 90.5 cm³/mol. The Labute approximate surface area is 141 Å². The van der Waals surface area contributed by atoms with Gasteiger partial charge in [-0.3, -0.25) is 0 Å². The van der Waals surface area contributed by atoms with Gasteiger partial charge in [-0.1, -0.05) is 30.3 Å². The van der Waals surface area contributed by atoms with E-state index in [0.29, 0.717) is 19.6 Å². The van der Waals surface area contributed by atoms with Crippen LogP contribution in [-0.4, -0.2) is 46.7 Å². The first kappa shape index (κ1) is 15.2. The number of aromatic amines is 1. The predicted octanol–water partition coefficient (Wildman–Crippen LogP) is 2.32. The second kappa shape index (κ2) is 6.65. The van der Waals surface area contributed by atoms with Crippen molar-refractivity contribution < 1.29 is 9.53 Å². The lowest BCUT2D eigenvalue weighted by molar-refractivity contribution is 0.108. The van der Waals surface area contributed by atoms with Gasteiger partial charge in [0, 0.05) is 31.7 Å². The molecule has 0 radical (unpaired) electrons. The number of hydrogen-bond donors (Lipinski definition) is 2. The zero-order chi connectivity index (χ0) is 16.4. The molecule has 126 valence electrons. The Balaban J connectivity index is 1.40. The number of imidazole rings is 1. The Morgan fingerprint density at radius 3 is 3.04 bits per heavy atom. The van der Waals surface area contributed by atoms with Crippen molar-refractivity contribution in [1.82, 2.24) is 20.2 Å². The van der Waals surface area contributed by atoms with E-state index in [1.807, 2.05) is 35.2 Å². The zero-order valence-electron chi connectivity index (χ0n) is 13.6. The summed E-state index contributed by atoms with van der Waals surface area (Å²) >= 11 is 0. The van der Waals surface area contributed by atoms with Gasteiger partial charge in [0.15, 0.2) is 0 Å². The lowest BCUT2D eigenvalue weighted by Gasteiger charge is -2.26. The van der Waals surface area contributed by atoms with Crippen LogP contribution in [0.2, 0.25) is 0 Å². The molecule has 0 unspecified atom stereocenters. The first-order valence-electron chi connectivity index (χ1n) is 8.57. The number of nitrogens with one attached hydrogen (secondary N) is 2. The van der Waals surface area contributed by atoms with Crippen LogP contribution < -0.4 is 5.32 Å².